The standard InChI is InChI=1S/C20H25NO7/c1-6-26-17(22)14(12-13-8-7-11-27-13)15-9-10-16(18(23)25-5)21(15)19(24)28-20(2,3)4/h7-12,15-16H,6H2,1-5H3/b14-12-/t15-,16+/m1/s1. The van der Waals surface area contributed by atoms with Gasteiger partial charge in [0.1, 0.15) is 11.4 Å². The van der Waals surface area contributed by atoms with Crippen LogP contribution in [0.5, 0.6) is 0 Å². The number of nitrogens with zero attached hydrogens (tertiary/aromatic N) is 1. The van der Waals surface area contributed by atoms with Gasteiger partial charge in [-0.3, -0.25) is 4.90 Å². The second-order valence-corrected chi connectivity index (χ2v) is 7.02. The normalized spacial score (nSPS) is 19.5. The van der Waals surface area contributed by atoms with Gasteiger partial charge in [0.05, 0.1) is 31.6 Å². The Morgan fingerprint density at radius 1 is 1.21 bits per heavy atom. The first-order chi connectivity index (χ1) is 13.2. The number of rotatable bonds is 5. The van der Waals surface area contributed by atoms with Crippen molar-refractivity contribution in [2.24, 2.45) is 0 Å². The highest BCUT2D eigenvalue weighted by molar-refractivity contribution is 5.97. The Balaban J connectivity index is 2.46. The first kappa shape index (κ1) is 21.3. The molecule has 0 fully saturated rings. The predicted octanol–water partition coefficient (Wildman–Crippen LogP) is 2.94. The lowest BCUT2D eigenvalue weighted by Gasteiger charge is -2.32. The second-order valence-electron chi connectivity index (χ2n) is 7.02. The molecule has 0 unspecified atom stereocenters. The van der Waals surface area contributed by atoms with Crippen LogP contribution in [0.1, 0.15) is 33.5 Å². The zero-order valence-electron chi connectivity index (χ0n) is 16.6. The van der Waals surface area contributed by atoms with Gasteiger partial charge in [0, 0.05) is 0 Å². The summed E-state index contributed by atoms with van der Waals surface area (Å²) in [7, 11) is 1.22. The lowest BCUT2D eigenvalue weighted by atomic mass is 10.1. The van der Waals surface area contributed by atoms with Crippen molar-refractivity contribution >= 4 is 24.1 Å². The molecule has 1 aliphatic rings. The molecule has 0 radical (unpaired) electrons. The van der Waals surface area contributed by atoms with Crippen molar-refractivity contribution in [1.82, 2.24) is 4.90 Å². The summed E-state index contributed by atoms with van der Waals surface area (Å²) in [4.78, 5) is 38.8. The van der Waals surface area contributed by atoms with Crippen LogP contribution in [0.3, 0.4) is 0 Å². The first-order valence-electron chi connectivity index (χ1n) is 8.87. The molecule has 0 aromatic carbocycles. The number of esters is 2. The maximum atomic E-state index is 12.8. The van der Waals surface area contributed by atoms with E-state index in [4.69, 9.17) is 18.6 Å². The number of amides is 1. The number of carbonyl (C=O) groups is 3. The molecule has 1 amide bonds. The van der Waals surface area contributed by atoms with E-state index in [0.29, 0.717) is 5.76 Å². The minimum Gasteiger partial charge on any atom is -0.467 e. The Morgan fingerprint density at radius 3 is 2.43 bits per heavy atom. The van der Waals surface area contributed by atoms with Gasteiger partial charge in [-0.25, -0.2) is 14.4 Å². The number of furan rings is 1. The van der Waals surface area contributed by atoms with Crippen LogP contribution in [0.4, 0.5) is 4.79 Å². The topological polar surface area (TPSA) is 95.3 Å². The van der Waals surface area contributed by atoms with Crippen molar-refractivity contribution in [3.05, 3.63) is 41.9 Å². The van der Waals surface area contributed by atoms with Gasteiger partial charge < -0.3 is 18.6 Å². The molecule has 8 nitrogen and oxygen atoms in total. The van der Waals surface area contributed by atoms with Crippen LogP contribution < -0.4 is 0 Å². The van der Waals surface area contributed by atoms with Gasteiger partial charge in [-0.15, -0.1) is 0 Å². The minimum absolute atomic E-state index is 0.130. The van der Waals surface area contributed by atoms with E-state index in [1.807, 2.05) is 0 Å². The molecule has 2 rings (SSSR count). The van der Waals surface area contributed by atoms with Gasteiger partial charge in [-0.2, -0.15) is 0 Å². The predicted molar refractivity (Wildman–Crippen MR) is 100 cm³/mol. The maximum Gasteiger partial charge on any atom is 0.412 e. The van der Waals surface area contributed by atoms with Crippen LogP contribution in [0.15, 0.2) is 40.5 Å². The van der Waals surface area contributed by atoms with Crippen LogP contribution in [-0.2, 0) is 23.8 Å². The van der Waals surface area contributed by atoms with Gasteiger partial charge in [-0.05, 0) is 45.9 Å². The summed E-state index contributed by atoms with van der Waals surface area (Å²) >= 11 is 0. The van der Waals surface area contributed by atoms with Crippen molar-refractivity contribution in [1.29, 1.82) is 0 Å². The summed E-state index contributed by atoms with van der Waals surface area (Å²) in [6.07, 6.45) is 5.24. The van der Waals surface area contributed by atoms with Crippen molar-refractivity contribution in [3.8, 4) is 0 Å². The average Bonchev–Trinajstić information content (AvgIpc) is 3.27. The Morgan fingerprint density at radius 2 is 1.89 bits per heavy atom. The molecule has 0 spiro atoms. The summed E-state index contributed by atoms with van der Waals surface area (Å²) in [5, 5.41) is 0. The zero-order valence-corrected chi connectivity index (χ0v) is 16.6. The molecule has 2 atom stereocenters. The molecular weight excluding hydrogens is 366 g/mol. The smallest absolute Gasteiger partial charge is 0.412 e. The summed E-state index contributed by atoms with van der Waals surface area (Å²) in [6.45, 7) is 6.96. The molecule has 0 bridgehead atoms. The Kier molecular flexibility index (Phi) is 6.66. The van der Waals surface area contributed by atoms with Crippen molar-refractivity contribution in [2.45, 2.75) is 45.4 Å². The number of methoxy groups -OCH3 is 1. The van der Waals surface area contributed by atoms with E-state index in [0.717, 1.165) is 4.90 Å². The van der Waals surface area contributed by atoms with E-state index in [9.17, 15) is 14.4 Å². The van der Waals surface area contributed by atoms with E-state index in [1.165, 1.54) is 25.5 Å². The molecule has 28 heavy (non-hydrogen) atoms. The quantitative estimate of drug-likeness (QED) is 0.330. The molecule has 2 heterocycles. The third-order valence-corrected chi connectivity index (χ3v) is 3.79. The molecule has 0 saturated heterocycles. The van der Waals surface area contributed by atoms with Crippen molar-refractivity contribution < 1.29 is 33.0 Å². The van der Waals surface area contributed by atoms with Gasteiger partial charge in [-0.1, -0.05) is 12.2 Å². The van der Waals surface area contributed by atoms with E-state index in [2.05, 4.69) is 0 Å². The number of carbonyl (C=O) groups excluding carboxylic acids is 3. The van der Waals surface area contributed by atoms with Gasteiger partial charge >= 0.3 is 18.0 Å². The van der Waals surface area contributed by atoms with Gasteiger partial charge in [0.25, 0.3) is 0 Å². The van der Waals surface area contributed by atoms with Crippen LogP contribution in [0.25, 0.3) is 6.08 Å². The van der Waals surface area contributed by atoms with Crippen LogP contribution in [-0.4, -0.2) is 54.3 Å². The monoisotopic (exact) mass is 391 g/mol. The molecule has 1 aromatic heterocycles. The Hall–Kier alpha value is -3.03. The fraction of sp³-hybridized carbons (Fsp3) is 0.450. The van der Waals surface area contributed by atoms with Crippen LogP contribution >= 0.6 is 0 Å². The van der Waals surface area contributed by atoms with Crippen LogP contribution in [0, 0.1) is 0 Å². The molecule has 1 aromatic rings. The first-order valence-corrected chi connectivity index (χ1v) is 8.87. The van der Waals surface area contributed by atoms with Gasteiger partial charge in [0.15, 0.2) is 6.04 Å². The SMILES string of the molecule is CCOC(=O)/C(=C\c1ccco1)[C@H]1C=C[C@@H](C(=O)OC)N1C(=O)OC(C)(C)C. The fourth-order valence-electron chi connectivity index (χ4n) is 2.68. The summed E-state index contributed by atoms with van der Waals surface area (Å²) in [6, 6.07) is 1.41. The maximum absolute atomic E-state index is 12.8. The minimum atomic E-state index is -1.03. The number of hydrogen-bond donors (Lipinski definition) is 0. The molecule has 8 heteroatoms. The lowest BCUT2D eigenvalue weighted by Crippen LogP contribution is -2.49. The Labute approximate surface area is 163 Å². The highest BCUT2D eigenvalue weighted by atomic mass is 16.6. The number of hydrogen-bond acceptors (Lipinski definition) is 7. The van der Waals surface area contributed by atoms with E-state index < -0.39 is 35.7 Å². The Bertz CT molecular complexity index is 771. The van der Waals surface area contributed by atoms with Crippen molar-refractivity contribution in [2.75, 3.05) is 13.7 Å². The third kappa shape index (κ3) is 5.03. The highest BCUT2D eigenvalue weighted by Gasteiger charge is 2.43. The fourth-order valence-corrected chi connectivity index (χ4v) is 2.68. The number of ether oxygens (including phenoxy) is 3. The molecule has 1 aliphatic heterocycles. The van der Waals surface area contributed by atoms with Crippen molar-refractivity contribution in [3.63, 3.8) is 0 Å². The van der Waals surface area contributed by atoms with E-state index in [1.54, 1.807) is 45.9 Å². The molecule has 0 saturated carbocycles. The van der Waals surface area contributed by atoms with Crippen LogP contribution in [0.2, 0.25) is 0 Å². The molecule has 0 N–H and O–H groups in total. The summed E-state index contributed by atoms with van der Waals surface area (Å²) in [5.41, 5.74) is -0.662. The lowest BCUT2D eigenvalue weighted by molar-refractivity contribution is -0.145. The average molecular weight is 391 g/mol. The third-order valence-electron chi connectivity index (χ3n) is 3.79. The second kappa shape index (κ2) is 8.77. The molecule has 152 valence electrons. The summed E-state index contributed by atoms with van der Waals surface area (Å²) < 4.78 is 20.7. The molecular formula is C20H25NO7. The highest BCUT2D eigenvalue weighted by Crippen LogP contribution is 2.28. The zero-order chi connectivity index (χ0) is 20.9. The van der Waals surface area contributed by atoms with Gasteiger partial charge in [0.2, 0.25) is 0 Å². The van der Waals surface area contributed by atoms with E-state index >= 15 is 0 Å². The summed E-state index contributed by atoms with van der Waals surface area (Å²) in [5.74, 6) is -0.874. The molecule has 0 aliphatic carbocycles. The largest absolute Gasteiger partial charge is 0.467 e. The van der Waals surface area contributed by atoms with E-state index in [-0.39, 0.29) is 12.2 Å².